The van der Waals surface area contributed by atoms with Crippen molar-refractivity contribution >= 4 is 22.9 Å². The lowest BCUT2D eigenvalue weighted by atomic mass is 10.2. The molecule has 0 aliphatic carbocycles. The number of carbonyl (C=O) groups excluding carboxylic acids is 1. The van der Waals surface area contributed by atoms with Crippen LogP contribution in [-0.4, -0.2) is 67.4 Å². The zero-order chi connectivity index (χ0) is 20.8. The number of nitrogens with zero attached hydrogens (tertiary/aromatic N) is 3. The Balaban J connectivity index is 1.15. The summed E-state index contributed by atoms with van der Waals surface area (Å²) in [5.41, 5.74) is 2.56. The van der Waals surface area contributed by atoms with Gasteiger partial charge in [0.2, 0.25) is 0 Å². The van der Waals surface area contributed by atoms with Gasteiger partial charge in [0, 0.05) is 38.4 Å². The molecule has 0 atom stereocenters. The number of amides is 1. The first-order chi connectivity index (χ1) is 14.7. The molecule has 8 heteroatoms. The van der Waals surface area contributed by atoms with Crippen molar-refractivity contribution < 1.29 is 9.53 Å². The number of hydrogen-bond acceptors (Lipinski definition) is 6. The van der Waals surface area contributed by atoms with Gasteiger partial charge in [0.25, 0.3) is 5.91 Å². The molecule has 1 saturated heterocycles. The highest BCUT2D eigenvalue weighted by atomic mass is 32.1. The molecule has 0 unspecified atom stereocenters. The number of nitrogens with one attached hydrogen (secondary N) is 2. The molecule has 3 aromatic rings. The second-order valence-corrected chi connectivity index (χ2v) is 8.23. The monoisotopic (exact) mass is 425 g/mol. The zero-order valence-electron chi connectivity index (χ0n) is 17.1. The standard InChI is InChI=1S/C22H27N5O2S/c1-29-18-7-5-17(6-8-18)27-13-11-26(12-14-27)10-3-9-23-22(28)20-16-19(24-25-20)21-4-2-15-30-21/h2,4-8,15-16H,3,9-14H2,1H3,(H,23,28)(H,24,25). The fourth-order valence-corrected chi connectivity index (χ4v) is 4.31. The molecule has 1 aliphatic rings. The van der Waals surface area contributed by atoms with Crippen molar-refractivity contribution in [1.29, 1.82) is 0 Å². The van der Waals surface area contributed by atoms with Gasteiger partial charge in [-0.15, -0.1) is 11.3 Å². The molecule has 3 heterocycles. The minimum Gasteiger partial charge on any atom is -0.497 e. The fourth-order valence-electron chi connectivity index (χ4n) is 3.61. The lowest BCUT2D eigenvalue weighted by molar-refractivity contribution is 0.0946. The number of anilines is 1. The molecule has 4 rings (SSSR count). The van der Waals surface area contributed by atoms with Crippen molar-refractivity contribution in [2.75, 3.05) is 51.3 Å². The minimum atomic E-state index is -0.126. The topological polar surface area (TPSA) is 73.5 Å². The predicted octanol–water partition coefficient (Wildman–Crippen LogP) is 3.09. The van der Waals surface area contributed by atoms with E-state index in [1.807, 2.05) is 29.6 Å². The van der Waals surface area contributed by atoms with E-state index >= 15 is 0 Å². The molecule has 2 aromatic heterocycles. The zero-order valence-corrected chi connectivity index (χ0v) is 18.0. The largest absolute Gasteiger partial charge is 0.497 e. The Hall–Kier alpha value is -2.84. The molecule has 7 nitrogen and oxygen atoms in total. The van der Waals surface area contributed by atoms with Gasteiger partial charge in [-0.05, 0) is 54.7 Å². The summed E-state index contributed by atoms with van der Waals surface area (Å²) in [6, 6.07) is 14.0. The summed E-state index contributed by atoms with van der Waals surface area (Å²) in [6.45, 7) is 5.72. The van der Waals surface area contributed by atoms with Crippen molar-refractivity contribution in [2.24, 2.45) is 0 Å². The highest BCUT2D eigenvalue weighted by Crippen LogP contribution is 2.23. The molecular weight excluding hydrogens is 398 g/mol. The van der Waals surface area contributed by atoms with Crippen LogP contribution in [0.25, 0.3) is 10.6 Å². The number of aromatic amines is 1. The van der Waals surface area contributed by atoms with Gasteiger partial charge in [-0.1, -0.05) is 6.07 Å². The van der Waals surface area contributed by atoms with Crippen molar-refractivity contribution in [3.05, 3.63) is 53.5 Å². The van der Waals surface area contributed by atoms with Crippen molar-refractivity contribution in [2.45, 2.75) is 6.42 Å². The van der Waals surface area contributed by atoms with Crippen LogP contribution in [0, 0.1) is 0 Å². The average Bonchev–Trinajstić information content (AvgIpc) is 3.49. The highest BCUT2D eigenvalue weighted by molar-refractivity contribution is 7.13. The molecule has 0 spiro atoms. The van der Waals surface area contributed by atoms with Gasteiger partial charge < -0.3 is 15.0 Å². The summed E-state index contributed by atoms with van der Waals surface area (Å²) in [4.78, 5) is 18.2. The van der Waals surface area contributed by atoms with E-state index in [1.54, 1.807) is 24.5 Å². The van der Waals surface area contributed by atoms with Gasteiger partial charge in [0.15, 0.2) is 5.69 Å². The molecule has 2 N–H and O–H groups in total. The minimum absolute atomic E-state index is 0.126. The molecule has 1 aliphatic heterocycles. The third-order valence-corrected chi connectivity index (χ3v) is 6.25. The van der Waals surface area contributed by atoms with Crippen LogP contribution in [0.15, 0.2) is 47.8 Å². The quantitative estimate of drug-likeness (QED) is 0.543. The number of H-pyrrole nitrogens is 1. The van der Waals surface area contributed by atoms with Gasteiger partial charge in [0.05, 0.1) is 17.7 Å². The number of methoxy groups -OCH3 is 1. The number of aromatic nitrogens is 2. The van der Waals surface area contributed by atoms with Crippen LogP contribution in [0.1, 0.15) is 16.9 Å². The van der Waals surface area contributed by atoms with Crippen molar-refractivity contribution in [3.63, 3.8) is 0 Å². The maximum absolute atomic E-state index is 12.3. The van der Waals surface area contributed by atoms with E-state index in [2.05, 4.69) is 37.4 Å². The number of carbonyl (C=O) groups is 1. The number of thiophene rings is 1. The Morgan fingerprint density at radius 1 is 1.20 bits per heavy atom. The summed E-state index contributed by atoms with van der Waals surface area (Å²) < 4.78 is 5.23. The normalized spacial score (nSPS) is 14.6. The molecular formula is C22H27N5O2S. The second-order valence-electron chi connectivity index (χ2n) is 7.28. The van der Waals surface area contributed by atoms with E-state index in [1.165, 1.54) is 5.69 Å². The van der Waals surface area contributed by atoms with E-state index in [0.717, 1.165) is 55.5 Å². The number of hydrogen-bond donors (Lipinski definition) is 2. The van der Waals surface area contributed by atoms with Crippen LogP contribution >= 0.6 is 11.3 Å². The van der Waals surface area contributed by atoms with E-state index < -0.39 is 0 Å². The second kappa shape index (κ2) is 9.77. The highest BCUT2D eigenvalue weighted by Gasteiger charge is 2.17. The molecule has 1 amide bonds. The van der Waals surface area contributed by atoms with Gasteiger partial charge in [0.1, 0.15) is 5.75 Å². The molecule has 0 bridgehead atoms. The fraction of sp³-hybridized carbons (Fsp3) is 0.364. The van der Waals surface area contributed by atoms with Crippen LogP contribution in [0.3, 0.4) is 0 Å². The van der Waals surface area contributed by atoms with Crippen molar-refractivity contribution in [1.82, 2.24) is 20.4 Å². The third-order valence-electron chi connectivity index (χ3n) is 5.34. The Bertz CT molecular complexity index is 931. The molecule has 1 aromatic carbocycles. The van der Waals surface area contributed by atoms with Crippen molar-refractivity contribution in [3.8, 4) is 16.3 Å². The maximum atomic E-state index is 12.3. The van der Waals surface area contributed by atoms with Crippen LogP contribution in [0.2, 0.25) is 0 Å². The molecule has 1 fully saturated rings. The number of piperazine rings is 1. The summed E-state index contributed by atoms with van der Waals surface area (Å²) in [5, 5.41) is 12.1. The first-order valence-corrected chi connectivity index (χ1v) is 11.1. The average molecular weight is 426 g/mol. The Morgan fingerprint density at radius 3 is 2.70 bits per heavy atom. The first-order valence-electron chi connectivity index (χ1n) is 10.2. The van der Waals surface area contributed by atoms with Crippen LogP contribution in [0.4, 0.5) is 5.69 Å². The third kappa shape index (κ3) is 5.01. The molecule has 0 saturated carbocycles. The van der Waals surface area contributed by atoms with E-state index in [9.17, 15) is 4.79 Å². The van der Waals surface area contributed by atoms with Crippen LogP contribution in [-0.2, 0) is 0 Å². The molecule has 30 heavy (non-hydrogen) atoms. The smallest absolute Gasteiger partial charge is 0.271 e. The summed E-state index contributed by atoms with van der Waals surface area (Å²) in [5.74, 6) is 0.760. The van der Waals surface area contributed by atoms with E-state index in [-0.39, 0.29) is 5.91 Å². The summed E-state index contributed by atoms with van der Waals surface area (Å²) in [6.07, 6.45) is 0.927. The van der Waals surface area contributed by atoms with Gasteiger partial charge >= 0.3 is 0 Å². The number of rotatable bonds is 8. The van der Waals surface area contributed by atoms with E-state index in [4.69, 9.17) is 4.74 Å². The van der Waals surface area contributed by atoms with Gasteiger partial charge in [-0.25, -0.2) is 0 Å². The molecule has 158 valence electrons. The first kappa shape index (κ1) is 20.4. The number of benzene rings is 1. The lowest BCUT2D eigenvalue weighted by Crippen LogP contribution is -2.47. The maximum Gasteiger partial charge on any atom is 0.271 e. The Morgan fingerprint density at radius 2 is 2.00 bits per heavy atom. The SMILES string of the molecule is COc1ccc(N2CCN(CCCNC(=O)c3cc(-c4cccs4)[nH]n3)CC2)cc1. The Labute approximate surface area is 180 Å². The summed E-state index contributed by atoms with van der Waals surface area (Å²) >= 11 is 1.62. The van der Waals surface area contributed by atoms with E-state index in [0.29, 0.717) is 12.2 Å². The predicted molar refractivity (Wildman–Crippen MR) is 120 cm³/mol. The number of ether oxygens (including phenoxy) is 1. The van der Waals surface area contributed by atoms with Gasteiger partial charge in [-0.3, -0.25) is 14.8 Å². The Kier molecular flexibility index (Phi) is 6.66. The molecule has 0 radical (unpaired) electrons. The van der Waals surface area contributed by atoms with Crippen LogP contribution in [0.5, 0.6) is 5.75 Å². The lowest BCUT2D eigenvalue weighted by Gasteiger charge is -2.36. The van der Waals surface area contributed by atoms with Gasteiger partial charge in [-0.2, -0.15) is 5.10 Å². The van der Waals surface area contributed by atoms with Crippen LogP contribution < -0.4 is 15.0 Å². The summed E-state index contributed by atoms with van der Waals surface area (Å²) in [7, 11) is 1.69.